The predicted molar refractivity (Wildman–Crippen MR) is 48.1 cm³/mol. The van der Waals surface area contributed by atoms with Gasteiger partial charge in [0.2, 0.25) is 0 Å². The smallest absolute Gasteiger partial charge is 0.176 e. The van der Waals surface area contributed by atoms with Crippen LogP contribution in [0.1, 0.15) is 0 Å². The third-order valence-corrected chi connectivity index (χ3v) is 3.55. The second-order valence-corrected chi connectivity index (χ2v) is 5.48. The molecule has 0 saturated carbocycles. The van der Waals surface area contributed by atoms with Crippen molar-refractivity contribution in [1.82, 2.24) is 0 Å². The predicted octanol–water partition coefficient (Wildman–Crippen LogP) is 0.0604. The fraction of sp³-hybridized carbons (Fsp3) is 0.143. The molecule has 0 aliphatic rings. The van der Waals surface area contributed by atoms with E-state index in [1.165, 1.54) is 24.3 Å². The van der Waals surface area contributed by atoms with Crippen molar-refractivity contribution in [3.8, 4) is 0 Å². The van der Waals surface area contributed by atoms with Gasteiger partial charge in [-0.2, -0.15) is 0 Å². The molecule has 0 saturated heterocycles. The molecule has 1 aromatic carbocycles. The molecule has 1 aromatic rings. The van der Waals surface area contributed by atoms with E-state index in [0.717, 1.165) is 6.26 Å². The van der Waals surface area contributed by atoms with Crippen molar-refractivity contribution in [1.29, 1.82) is 0 Å². The Morgan fingerprint density at radius 2 is 1.69 bits per heavy atom. The van der Waals surface area contributed by atoms with Gasteiger partial charge in [-0.25, -0.2) is 16.8 Å². The number of thiol groups is 1. The molecule has 0 aromatic heterocycles. The lowest BCUT2D eigenvalue weighted by Crippen LogP contribution is -2.00. The average molecular weight is 220 g/mol. The monoisotopic (exact) mass is 220 g/mol. The van der Waals surface area contributed by atoms with Gasteiger partial charge in [-0.3, -0.25) is 0 Å². The number of rotatable bonds is 2. The van der Waals surface area contributed by atoms with Gasteiger partial charge in [0.15, 0.2) is 20.5 Å². The van der Waals surface area contributed by atoms with Crippen LogP contribution in [0.25, 0.3) is 0 Å². The highest BCUT2D eigenvalue weighted by molar-refractivity contribution is 7.91. The van der Waals surface area contributed by atoms with Gasteiger partial charge in [-0.05, 0) is 12.1 Å². The van der Waals surface area contributed by atoms with Crippen LogP contribution in [0.4, 0.5) is 0 Å². The average Bonchev–Trinajstić information content (AvgIpc) is 2.03. The SMILES string of the molecule is CS(=O)(=O)c1ccccc1[SH](=O)=O. The Kier molecular flexibility index (Phi) is 2.72. The molecule has 0 fully saturated rings. The van der Waals surface area contributed by atoms with E-state index in [4.69, 9.17) is 0 Å². The molecule has 0 unspecified atom stereocenters. The summed E-state index contributed by atoms with van der Waals surface area (Å²) in [6, 6.07) is 5.51. The largest absolute Gasteiger partial charge is 0.227 e. The van der Waals surface area contributed by atoms with Gasteiger partial charge in [0.25, 0.3) is 0 Å². The zero-order valence-electron chi connectivity index (χ0n) is 6.80. The van der Waals surface area contributed by atoms with Crippen molar-refractivity contribution in [3.63, 3.8) is 0 Å². The second-order valence-electron chi connectivity index (χ2n) is 2.50. The molecule has 0 heterocycles. The summed E-state index contributed by atoms with van der Waals surface area (Å²) in [5, 5.41) is 0. The zero-order chi connectivity index (χ0) is 10.1. The first-order chi connectivity index (χ1) is 5.93. The molecular formula is C7H8O4S2. The maximum absolute atomic E-state index is 11.1. The van der Waals surface area contributed by atoms with Gasteiger partial charge in [-0.1, -0.05) is 12.1 Å². The van der Waals surface area contributed by atoms with E-state index in [1.807, 2.05) is 0 Å². The summed E-state index contributed by atoms with van der Waals surface area (Å²) in [5.41, 5.74) is 0. The van der Waals surface area contributed by atoms with E-state index in [1.54, 1.807) is 0 Å². The Labute approximate surface area is 78.1 Å². The van der Waals surface area contributed by atoms with Gasteiger partial charge < -0.3 is 0 Å². The summed E-state index contributed by atoms with van der Waals surface area (Å²) in [5.74, 6) is 0. The van der Waals surface area contributed by atoms with Crippen molar-refractivity contribution in [2.75, 3.05) is 6.26 Å². The third-order valence-electron chi connectivity index (χ3n) is 1.46. The molecular weight excluding hydrogens is 212 g/mol. The minimum Gasteiger partial charge on any atom is -0.227 e. The number of hydrogen-bond acceptors (Lipinski definition) is 4. The van der Waals surface area contributed by atoms with Gasteiger partial charge >= 0.3 is 0 Å². The lowest BCUT2D eigenvalue weighted by molar-refractivity contribution is 0.594. The molecule has 0 aliphatic carbocycles. The molecule has 13 heavy (non-hydrogen) atoms. The Balaban J connectivity index is 3.55. The summed E-state index contributed by atoms with van der Waals surface area (Å²) >= 11 is 0. The normalized spacial score (nSPS) is 11.8. The maximum Gasteiger partial charge on any atom is 0.176 e. The Morgan fingerprint density at radius 3 is 2.08 bits per heavy atom. The highest BCUT2D eigenvalue weighted by Crippen LogP contribution is 2.15. The maximum atomic E-state index is 11.1. The van der Waals surface area contributed by atoms with E-state index in [9.17, 15) is 16.8 Å². The lowest BCUT2D eigenvalue weighted by atomic mass is 10.4. The topological polar surface area (TPSA) is 68.3 Å². The van der Waals surface area contributed by atoms with Crippen molar-refractivity contribution >= 4 is 20.5 Å². The summed E-state index contributed by atoms with van der Waals surface area (Å²) in [6.07, 6.45) is 0.977. The molecule has 0 bridgehead atoms. The van der Waals surface area contributed by atoms with Gasteiger partial charge in [0.05, 0.1) is 9.79 Å². The molecule has 0 amide bonds. The van der Waals surface area contributed by atoms with Gasteiger partial charge in [0.1, 0.15) is 0 Å². The lowest BCUT2D eigenvalue weighted by Gasteiger charge is -1.99. The third kappa shape index (κ3) is 2.28. The van der Waals surface area contributed by atoms with E-state index >= 15 is 0 Å². The fourth-order valence-corrected chi connectivity index (χ4v) is 2.88. The molecule has 6 heteroatoms. The molecule has 1 rings (SSSR count). The summed E-state index contributed by atoms with van der Waals surface area (Å²) < 4.78 is 43.5. The summed E-state index contributed by atoms with van der Waals surface area (Å²) in [7, 11) is -6.32. The van der Waals surface area contributed by atoms with Crippen LogP contribution >= 0.6 is 0 Å². The molecule has 4 nitrogen and oxygen atoms in total. The minimum atomic E-state index is -3.46. The zero-order valence-corrected chi connectivity index (χ0v) is 8.51. The van der Waals surface area contributed by atoms with Crippen molar-refractivity contribution in [2.45, 2.75) is 9.79 Å². The molecule has 0 radical (unpaired) electrons. The van der Waals surface area contributed by atoms with Crippen LogP contribution in [0.3, 0.4) is 0 Å². The van der Waals surface area contributed by atoms with Crippen LogP contribution in [0, 0.1) is 0 Å². The van der Waals surface area contributed by atoms with Crippen LogP contribution in [0.5, 0.6) is 0 Å². The Hall–Kier alpha value is -0.880. The van der Waals surface area contributed by atoms with E-state index < -0.39 is 20.5 Å². The summed E-state index contributed by atoms with van der Waals surface area (Å²) in [4.78, 5) is -0.300. The van der Waals surface area contributed by atoms with E-state index in [2.05, 4.69) is 0 Å². The Morgan fingerprint density at radius 1 is 1.15 bits per heavy atom. The number of sulfone groups is 1. The van der Waals surface area contributed by atoms with Crippen molar-refractivity contribution in [3.05, 3.63) is 24.3 Å². The molecule has 0 spiro atoms. The quantitative estimate of drug-likeness (QED) is 0.716. The van der Waals surface area contributed by atoms with Crippen LogP contribution in [-0.2, 0) is 20.5 Å². The van der Waals surface area contributed by atoms with Crippen LogP contribution < -0.4 is 0 Å². The first-order valence-corrected chi connectivity index (χ1v) is 6.43. The van der Waals surface area contributed by atoms with Crippen molar-refractivity contribution < 1.29 is 16.8 Å². The second kappa shape index (κ2) is 3.47. The van der Waals surface area contributed by atoms with Crippen molar-refractivity contribution in [2.24, 2.45) is 0 Å². The first-order valence-electron chi connectivity index (χ1n) is 3.36. The van der Waals surface area contributed by atoms with Crippen LogP contribution in [0.2, 0.25) is 0 Å². The molecule has 72 valence electrons. The highest BCUT2D eigenvalue weighted by atomic mass is 32.2. The van der Waals surface area contributed by atoms with Crippen LogP contribution in [0.15, 0.2) is 34.1 Å². The first kappa shape index (κ1) is 10.2. The fourth-order valence-electron chi connectivity index (χ4n) is 0.922. The summed E-state index contributed by atoms with van der Waals surface area (Å²) in [6.45, 7) is 0. The highest BCUT2D eigenvalue weighted by Gasteiger charge is 2.13. The number of benzene rings is 1. The van der Waals surface area contributed by atoms with Gasteiger partial charge in [0, 0.05) is 6.26 Å². The van der Waals surface area contributed by atoms with Gasteiger partial charge in [-0.15, -0.1) is 0 Å². The number of hydrogen-bond donors (Lipinski definition) is 1. The van der Waals surface area contributed by atoms with E-state index in [-0.39, 0.29) is 9.79 Å². The Bertz CT molecular complexity index is 477. The minimum absolute atomic E-state index is 0.147. The standard InChI is InChI=1S/C7H8O4S2/c1-13(10,11)7-5-3-2-4-6(7)12(8)9/h2-5,12H,1H3. The van der Waals surface area contributed by atoms with E-state index in [0.29, 0.717) is 0 Å². The molecule has 0 aliphatic heterocycles. The molecule has 0 N–H and O–H groups in total. The van der Waals surface area contributed by atoms with Crippen LogP contribution in [-0.4, -0.2) is 23.1 Å². The molecule has 0 atom stereocenters.